The molecule has 0 fully saturated rings. The van der Waals surface area contributed by atoms with Crippen molar-refractivity contribution in [1.29, 1.82) is 0 Å². The van der Waals surface area contributed by atoms with E-state index in [2.05, 4.69) is 11.9 Å². The fraction of sp³-hybridized carbons (Fsp3) is 0.429. The van der Waals surface area contributed by atoms with Gasteiger partial charge < -0.3 is 24.1 Å². The monoisotopic (exact) mass is 369 g/mol. The number of aliphatic hydroxyl groups excluding tert-OH is 1. The minimum atomic E-state index is -0.716. The summed E-state index contributed by atoms with van der Waals surface area (Å²) in [4.78, 5) is 2.26. The zero-order chi connectivity index (χ0) is 18.8. The number of hydrogen-bond donors (Lipinski definition) is 1. The third kappa shape index (κ3) is 2.08. The molecule has 142 valence electrons. The number of hydrogen-bond acceptors (Lipinski definition) is 6. The summed E-state index contributed by atoms with van der Waals surface area (Å²) >= 11 is 0. The quantitative estimate of drug-likeness (QED) is 0.877. The second-order valence-corrected chi connectivity index (χ2v) is 7.41. The highest BCUT2D eigenvalue weighted by Crippen LogP contribution is 2.57. The Kier molecular flexibility index (Phi) is 3.58. The summed E-state index contributed by atoms with van der Waals surface area (Å²) in [7, 11) is 5.36. The minimum absolute atomic E-state index is 0.197. The van der Waals surface area contributed by atoms with Crippen LogP contribution in [0, 0.1) is 0 Å². The molecule has 0 saturated carbocycles. The molecule has 0 radical (unpaired) electrons. The molecular formula is C21H23NO5. The molecule has 2 aromatic carbocycles. The standard InChI is InChI=1S/C21H23NO5/c1-22-7-6-12-8-16(24-2)17(25-3)9-14(12)21(22)10-13-4-5-15-19(27-11-26-15)18(13)20(21)23/h4-5,8-9,20,23H,6-7,10-11H2,1-3H3. The van der Waals surface area contributed by atoms with Crippen LogP contribution in [0.2, 0.25) is 0 Å². The van der Waals surface area contributed by atoms with E-state index in [1.165, 1.54) is 5.56 Å². The van der Waals surface area contributed by atoms with Gasteiger partial charge in [0.25, 0.3) is 0 Å². The first-order chi connectivity index (χ1) is 13.1. The van der Waals surface area contributed by atoms with Gasteiger partial charge in [-0.2, -0.15) is 0 Å². The van der Waals surface area contributed by atoms with Crippen LogP contribution in [-0.2, 0) is 18.4 Å². The topological polar surface area (TPSA) is 60.4 Å². The average Bonchev–Trinajstić information content (AvgIpc) is 3.27. The lowest BCUT2D eigenvalue weighted by Crippen LogP contribution is -2.51. The number of rotatable bonds is 2. The zero-order valence-corrected chi connectivity index (χ0v) is 15.7. The van der Waals surface area contributed by atoms with Crippen LogP contribution in [0.5, 0.6) is 23.0 Å². The van der Waals surface area contributed by atoms with Gasteiger partial charge in [-0.3, -0.25) is 4.90 Å². The van der Waals surface area contributed by atoms with Gasteiger partial charge in [0.15, 0.2) is 23.0 Å². The van der Waals surface area contributed by atoms with Crippen LogP contribution in [0.1, 0.15) is 28.4 Å². The average molecular weight is 369 g/mol. The Balaban J connectivity index is 1.72. The Morgan fingerprint density at radius 1 is 1.11 bits per heavy atom. The normalized spacial score (nSPS) is 25.4. The predicted molar refractivity (Wildman–Crippen MR) is 98.8 cm³/mol. The van der Waals surface area contributed by atoms with Gasteiger partial charge in [-0.25, -0.2) is 0 Å². The third-order valence-electron chi connectivity index (χ3n) is 6.33. The number of ether oxygens (including phenoxy) is 4. The summed E-state index contributed by atoms with van der Waals surface area (Å²) in [6, 6.07) is 8.05. The van der Waals surface area contributed by atoms with Crippen LogP contribution in [-0.4, -0.2) is 44.6 Å². The van der Waals surface area contributed by atoms with Crippen LogP contribution in [0.3, 0.4) is 0 Å². The van der Waals surface area contributed by atoms with Crippen LogP contribution in [0.4, 0.5) is 0 Å². The maximum absolute atomic E-state index is 11.6. The second-order valence-electron chi connectivity index (χ2n) is 7.41. The van der Waals surface area contributed by atoms with Gasteiger partial charge in [0.1, 0.15) is 6.10 Å². The molecule has 1 aliphatic carbocycles. The van der Waals surface area contributed by atoms with Crippen molar-refractivity contribution in [2.24, 2.45) is 0 Å². The Labute approximate surface area is 158 Å². The van der Waals surface area contributed by atoms with Crippen molar-refractivity contribution in [2.45, 2.75) is 24.5 Å². The molecule has 3 aliphatic rings. The van der Waals surface area contributed by atoms with E-state index in [0.29, 0.717) is 23.7 Å². The van der Waals surface area contributed by atoms with E-state index in [-0.39, 0.29) is 6.79 Å². The molecule has 6 heteroatoms. The highest BCUT2D eigenvalue weighted by molar-refractivity contribution is 5.60. The first-order valence-electron chi connectivity index (χ1n) is 9.16. The van der Waals surface area contributed by atoms with E-state index >= 15 is 0 Å². The van der Waals surface area contributed by atoms with E-state index in [4.69, 9.17) is 18.9 Å². The van der Waals surface area contributed by atoms with Crippen molar-refractivity contribution in [3.05, 3.63) is 46.5 Å². The summed E-state index contributed by atoms with van der Waals surface area (Å²) in [5, 5.41) is 11.6. The van der Waals surface area contributed by atoms with Gasteiger partial charge in [0.05, 0.1) is 19.8 Å². The summed E-state index contributed by atoms with van der Waals surface area (Å²) in [5.74, 6) is 2.78. The highest BCUT2D eigenvalue weighted by Gasteiger charge is 2.54. The summed E-state index contributed by atoms with van der Waals surface area (Å²) in [6.07, 6.45) is 0.889. The van der Waals surface area contributed by atoms with Gasteiger partial charge >= 0.3 is 0 Å². The number of fused-ring (bicyclic) bond motifs is 5. The van der Waals surface area contributed by atoms with Gasteiger partial charge in [-0.15, -0.1) is 0 Å². The molecule has 6 nitrogen and oxygen atoms in total. The molecule has 1 spiro atoms. The van der Waals surface area contributed by atoms with Crippen LogP contribution < -0.4 is 18.9 Å². The summed E-state index contributed by atoms with van der Waals surface area (Å²) in [6.45, 7) is 1.05. The number of nitrogens with zero attached hydrogens (tertiary/aromatic N) is 1. The highest BCUT2D eigenvalue weighted by atomic mass is 16.7. The van der Waals surface area contributed by atoms with E-state index in [1.54, 1.807) is 14.2 Å². The first-order valence-corrected chi connectivity index (χ1v) is 9.16. The number of methoxy groups -OCH3 is 2. The maximum Gasteiger partial charge on any atom is 0.231 e. The fourth-order valence-electron chi connectivity index (χ4n) is 4.92. The van der Waals surface area contributed by atoms with E-state index in [9.17, 15) is 5.11 Å². The molecule has 0 saturated heterocycles. The van der Waals surface area contributed by atoms with Crippen LogP contribution >= 0.6 is 0 Å². The maximum atomic E-state index is 11.6. The van der Waals surface area contributed by atoms with Crippen molar-refractivity contribution < 1.29 is 24.1 Å². The lowest BCUT2D eigenvalue weighted by molar-refractivity contribution is -0.0206. The molecule has 2 heterocycles. The summed E-state index contributed by atoms with van der Waals surface area (Å²) < 4.78 is 22.3. The smallest absolute Gasteiger partial charge is 0.231 e. The molecule has 2 aliphatic heterocycles. The van der Waals surface area contributed by atoms with E-state index in [0.717, 1.165) is 35.4 Å². The van der Waals surface area contributed by atoms with Crippen LogP contribution in [0.25, 0.3) is 0 Å². The molecule has 27 heavy (non-hydrogen) atoms. The summed E-state index contributed by atoms with van der Waals surface area (Å²) in [5.41, 5.74) is 3.66. The molecule has 2 aromatic rings. The second kappa shape index (κ2) is 5.78. The molecule has 2 atom stereocenters. The number of aliphatic hydroxyl groups is 1. The number of benzene rings is 2. The number of likely N-dealkylation sites (N-methyl/N-ethyl adjacent to an activating group) is 1. The molecule has 2 unspecified atom stereocenters. The lowest BCUT2D eigenvalue weighted by Gasteiger charge is -2.46. The van der Waals surface area contributed by atoms with Gasteiger partial charge in [0, 0.05) is 12.1 Å². The predicted octanol–water partition coefficient (Wildman–Crippen LogP) is 2.41. The molecule has 1 N–H and O–H groups in total. The molecular weight excluding hydrogens is 346 g/mol. The zero-order valence-electron chi connectivity index (χ0n) is 15.7. The van der Waals surface area contributed by atoms with Gasteiger partial charge in [-0.1, -0.05) is 6.07 Å². The third-order valence-corrected chi connectivity index (χ3v) is 6.33. The van der Waals surface area contributed by atoms with Crippen molar-refractivity contribution in [3.8, 4) is 23.0 Å². The van der Waals surface area contributed by atoms with Gasteiger partial charge in [-0.05, 0) is 54.8 Å². The molecule has 5 rings (SSSR count). The van der Waals surface area contributed by atoms with Crippen molar-refractivity contribution in [1.82, 2.24) is 4.90 Å². The Morgan fingerprint density at radius 2 is 1.89 bits per heavy atom. The molecule has 0 amide bonds. The molecule has 0 aromatic heterocycles. The Bertz CT molecular complexity index is 927. The molecule has 0 bridgehead atoms. The van der Waals surface area contributed by atoms with E-state index < -0.39 is 11.6 Å². The first kappa shape index (κ1) is 16.7. The minimum Gasteiger partial charge on any atom is -0.493 e. The fourth-order valence-corrected chi connectivity index (χ4v) is 4.92. The van der Waals surface area contributed by atoms with Crippen molar-refractivity contribution >= 4 is 0 Å². The SMILES string of the molecule is COc1cc2c(cc1OC)C1(Cc3ccc4c(c3C1O)OCO4)N(C)CC2. The largest absolute Gasteiger partial charge is 0.493 e. The van der Waals surface area contributed by atoms with Crippen molar-refractivity contribution in [2.75, 3.05) is 34.6 Å². The lowest BCUT2D eigenvalue weighted by atomic mass is 9.77. The Morgan fingerprint density at radius 3 is 2.67 bits per heavy atom. The van der Waals surface area contributed by atoms with Gasteiger partial charge in [0.2, 0.25) is 6.79 Å². The van der Waals surface area contributed by atoms with E-state index in [1.807, 2.05) is 24.3 Å². The van der Waals surface area contributed by atoms with Crippen LogP contribution in [0.15, 0.2) is 24.3 Å². The Hall–Kier alpha value is -2.44. The van der Waals surface area contributed by atoms with Crippen molar-refractivity contribution in [3.63, 3.8) is 0 Å².